The molecule has 0 spiro atoms. The smallest absolute Gasteiger partial charge is 0.263 e. The topological polar surface area (TPSA) is 48.3 Å². The Morgan fingerprint density at radius 1 is 1.29 bits per heavy atom. The molecule has 0 radical (unpaired) electrons. The molecule has 1 aliphatic heterocycles. The molecule has 0 N–H and O–H groups in total. The van der Waals surface area contributed by atoms with E-state index in [0.29, 0.717) is 11.3 Å². The van der Waals surface area contributed by atoms with Crippen LogP contribution in [0.4, 0.5) is 0 Å². The van der Waals surface area contributed by atoms with E-state index in [1.165, 1.54) is 0 Å². The maximum Gasteiger partial charge on any atom is 0.263 e. The Morgan fingerprint density at radius 2 is 1.95 bits per heavy atom. The molecular formula is C15H18ClNO3S. The van der Waals surface area contributed by atoms with Crippen molar-refractivity contribution in [1.29, 1.82) is 0 Å². The molecule has 2 aromatic rings. The van der Waals surface area contributed by atoms with Gasteiger partial charge in [0.25, 0.3) is 9.05 Å². The molecule has 0 saturated carbocycles. The first-order chi connectivity index (χ1) is 9.98. The standard InChI is InChI=1S/C15H18ClNO3S/c1-11-15(21(16,18)19)13-4-2-3-5-14(13)17(11)10-12-6-8-20-9-7-12/h2-5,12H,6-10H2,1H3. The Hall–Kier alpha value is -1.04. The van der Waals surface area contributed by atoms with Gasteiger partial charge >= 0.3 is 0 Å². The number of para-hydroxylation sites is 1. The summed E-state index contributed by atoms with van der Waals surface area (Å²) >= 11 is 0. The Morgan fingerprint density at radius 3 is 2.62 bits per heavy atom. The highest BCUT2D eigenvalue weighted by molar-refractivity contribution is 8.14. The second-order valence-electron chi connectivity index (χ2n) is 5.54. The molecule has 114 valence electrons. The Kier molecular flexibility index (Phi) is 3.99. The molecule has 4 nitrogen and oxygen atoms in total. The van der Waals surface area contributed by atoms with Gasteiger partial charge in [-0.3, -0.25) is 0 Å². The predicted molar refractivity (Wildman–Crippen MR) is 83.3 cm³/mol. The number of halogens is 1. The van der Waals surface area contributed by atoms with Crippen molar-refractivity contribution in [2.75, 3.05) is 13.2 Å². The lowest BCUT2D eigenvalue weighted by atomic mass is 10.0. The number of hydrogen-bond donors (Lipinski definition) is 0. The van der Waals surface area contributed by atoms with Gasteiger partial charge in [-0.2, -0.15) is 0 Å². The van der Waals surface area contributed by atoms with E-state index in [9.17, 15) is 8.42 Å². The SMILES string of the molecule is Cc1c(S(=O)(=O)Cl)c2ccccc2n1CC1CCOCC1. The second-order valence-corrected chi connectivity index (χ2v) is 8.04. The number of ether oxygens (including phenoxy) is 1. The van der Waals surface area contributed by atoms with E-state index in [-0.39, 0.29) is 4.90 Å². The highest BCUT2D eigenvalue weighted by atomic mass is 35.7. The quantitative estimate of drug-likeness (QED) is 0.813. The summed E-state index contributed by atoms with van der Waals surface area (Å²) in [5, 5.41) is 0.706. The van der Waals surface area contributed by atoms with E-state index in [4.69, 9.17) is 15.4 Å². The van der Waals surface area contributed by atoms with E-state index in [0.717, 1.165) is 43.8 Å². The molecule has 2 heterocycles. The summed E-state index contributed by atoms with van der Waals surface area (Å²) in [5.74, 6) is 0.513. The van der Waals surface area contributed by atoms with Crippen LogP contribution >= 0.6 is 10.7 Å². The van der Waals surface area contributed by atoms with E-state index in [2.05, 4.69) is 4.57 Å². The second kappa shape index (κ2) is 5.63. The van der Waals surface area contributed by atoms with Crippen LogP contribution < -0.4 is 0 Å². The largest absolute Gasteiger partial charge is 0.381 e. The zero-order valence-electron chi connectivity index (χ0n) is 11.9. The van der Waals surface area contributed by atoms with Crippen LogP contribution in [-0.2, 0) is 20.3 Å². The minimum Gasteiger partial charge on any atom is -0.381 e. The van der Waals surface area contributed by atoms with E-state index in [1.807, 2.05) is 31.2 Å². The molecule has 0 bridgehead atoms. The summed E-state index contributed by atoms with van der Waals surface area (Å²) in [6, 6.07) is 7.53. The molecule has 1 aromatic carbocycles. The van der Waals surface area contributed by atoms with Crippen LogP contribution in [0.25, 0.3) is 10.9 Å². The summed E-state index contributed by atoms with van der Waals surface area (Å²) in [7, 11) is 1.88. The van der Waals surface area contributed by atoms with Crippen molar-refractivity contribution in [2.24, 2.45) is 5.92 Å². The van der Waals surface area contributed by atoms with Crippen molar-refractivity contribution in [3.8, 4) is 0 Å². The third-order valence-electron chi connectivity index (χ3n) is 4.20. The number of aromatic nitrogens is 1. The molecule has 21 heavy (non-hydrogen) atoms. The van der Waals surface area contributed by atoms with Crippen molar-refractivity contribution >= 4 is 30.6 Å². The average Bonchev–Trinajstić information content (AvgIpc) is 2.73. The molecule has 0 unspecified atom stereocenters. The van der Waals surface area contributed by atoms with Crippen LogP contribution in [-0.4, -0.2) is 26.2 Å². The summed E-state index contributed by atoms with van der Waals surface area (Å²) in [6.45, 7) is 4.20. The van der Waals surface area contributed by atoms with Gasteiger partial charge in [-0.1, -0.05) is 18.2 Å². The maximum absolute atomic E-state index is 11.9. The van der Waals surface area contributed by atoms with Crippen molar-refractivity contribution in [2.45, 2.75) is 31.2 Å². The first-order valence-corrected chi connectivity index (χ1v) is 9.39. The molecule has 0 atom stereocenters. The van der Waals surface area contributed by atoms with E-state index >= 15 is 0 Å². The minimum absolute atomic E-state index is 0.242. The van der Waals surface area contributed by atoms with Gasteiger partial charge in [-0.05, 0) is 31.7 Å². The maximum atomic E-state index is 11.9. The first kappa shape index (κ1) is 14.9. The predicted octanol–water partition coefficient (Wildman–Crippen LogP) is 3.30. The number of nitrogens with zero attached hydrogens (tertiary/aromatic N) is 1. The fraction of sp³-hybridized carbons (Fsp3) is 0.467. The zero-order valence-corrected chi connectivity index (χ0v) is 13.5. The first-order valence-electron chi connectivity index (χ1n) is 7.08. The van der Waals surface area contributed by atoms with E-state index in [1.54, 1.807) is 0 Å². The van der Waals surface area contributed by atoms with Gasteiger partial charge in [0.05, 0.1) is 0 Å². The Labute approximate surface area is 129 Å². The van der Waals surface area contributed by atoms with Gasteiger partial charge in [0.15, 0.2) is 0 Å². The van der Waals surface area contributed by atoms with Gasteiger partial charge in [0.2, 0.25) is 0 Å². The van der Waals surface area contributed by atoms with Gasteiger partial charge < -0.3 is 9.30 Å². The fourth-order valence-corrected chi connectivity index (χ4v) is 4.61. The number of hydrogen-bond acceptors (Lipinski definition) is 3. The molecule has 1 fully saturated rings. The van der Waals surface area contributed by atoms with Gasteiger partial charge in [0.1, 0.15) is 4.90 Å². The number of fused-ring (bicyclic) bond motifs is 1. The number of benzene rings is 1. The monoisotopic (exact) mass is 327 g/mol. The lowest BCUT2D eigenvalue weighted by Crippen LogP contribution is -2.20. The van der Waals surface area contributed by atoms with Gasteiger partial charge in [-0.15, -0.1) is 0 Å². The number of rotatable bonds is 3. The average molecular weight is 328 g/mol. The van der Waals surface area contributed by atoms with E-state index < -0.39 is 9.05 Å². The molecular weight excluding hydrogens is 310 g/mol. The summed E-state index contributed by atoms with van der Waals surface area (Å²) in [4.78, 5) is 0.242. The van der Waals surface area contributed by atoms with Crippen LogP contribution in [0.3, 0.4) is 0 Å². The Balaban J connectivity index is 2.11. The van der Waals surface area contributed by atoms with Gasteiger partial charge in [0, 0.05) is 47.0 Å². The molecule has 0 amide bonds. The van der Waals surface area contributed by atoms with Crippen LogP contribution in [0.1, 0.15) is 18.5 Å². The van der Waals surface area contributed by atoms with Crippen molar-refractivity contribution in [3.05, 3.63) is 30.0 Å². The Bertz CT molecular complexity index is 761. The lowest BCUT2D eigenvalue weighted by molar-refractivity contribution is 0.0614. The molecule has 6 heteroatoms. The fourth-order valence-electron chi connectivity index (χ4n) is 3.13. The summed E-state index contributed by atoms with van der Waals surface area (Å²) in [6.07, 6.45) is 2.02. The normalized spacial score (nSPS) is 17.4. The molecule has 1 aliphatic rings. The van der Waals surface area contributed by atoms with Gasteiger partial charge in [-0.25, -0.2) is 8.42 Å². The van der Waals surface area contributed by atoms with Crippen LogP contribution in [0.2, 0.25) is 0 Å². The van der Waals surface area contributed by atoms with Crippen molar-refractivity contribution < 1.29 is 13.2 Å². The van der Waals surface area contributed by atoms with Crippen molar-refractivity contribution in [1.82, 2.24) is 4.57 Å². The van der Waals surface area contributed by atoms with Crippen LogP contribution in [0.15, 0.2) is 29.2 Å². The lowest BCUT2D eigenvalue weighted by Gasteiger charge is -2.23. The van der Waals surface area contributed by atoms with Crippen LogP contribution in [0.5, 0.6) is 0 Å². The third kappa shape index (κ3) is 2.82. The summed E-state index contributed by atoms with van der Waals surface area (Å²) < 4.78 is 31.3. The zero-order chi connectivity index (χ0) is 15.0. The molecule has 3 rings (SSSR count). The molecule has 1 saturated heterocycles. The highest BCUT2D eigenvalue weighted by Crippen LogP contribution is 2.33. The molecule has 1 aromatic heterocycles. The third-order valence-corrected chi connectivity index (χ3v) is 5.66. The van der Waals surface area contributed by atoms with Crippen LogP contribution in [0, 0.1) is 12.8 Å². The van der Waals surface area contributed by atoms with Crippen molar-refractivity contribution in [3.63, 3.8) is 0 Å². The minimum atomic E-state index is -3.75. The molecule has 0 aliphatic carbocycles. The summed E-state index contributed by atoms with van der Waals surface area (Å²) in [5.41, 5.74) is 1.65. The highest BCUT2D eigenvalue weighted by Gasteiger charge is 2.24.